The van der Waals surface area contributed by atoms with Crippen LogP contribution in [0.3, 0.4) is 0 Å². The number of rotatable bonds is 11. The molecule has 0 spiro atoms. The zero-order valence-electron chi connectivity index (χ0n) is 18.9. The van der Waals surface area contributed by atoms with E-state index in [-0.39, 0.29) is 24.0 Å². The predicted octanol–water partition coefficient (Wildman–Crippen LogP) is 4.08. The van der Waals surface area contributed by atoms with E-state index in [1.807, 2.05) is 7.05 Å². The largest absolute Gasteiger partial charge is 0.354 e. The van der Waals surface area contributed by atoms with Crippen LogP contribution in [0.1, 0.15) is 57.6 Å². The first-order valence-corrected chi connectivity index (χ1v) is 11.1. The smallest absolute Gasteiger partial charge is 0.191 e. The molecule has 5 nitrogen and oxygen atoms in total. The van der Waals surface area contributed by atoms with Crippen molar-refractivity contribution < 1.29 is 0 Å². The molecule has 29 heavy (non-hydrogen) atoms. The van der Waals surface area contributed by atoms with Gasteiger partial charge < -0.3 is 15.5 Å². The maximum Gasteiger partial charge on any atom is 0.191 e. The second-order valence-electron chi connectivity index (χ2n) is 7.94. The van der Waals surface area contributed by atoms with Crippen LogP contribution in [-0.4, -0.2) is 61.6 Å². The Morgan fingerprint density at radius 3 is 2.31 bits per heavy atom. The highest BCUT2D eigenvalue weighted by atomic mass is 127. The van der Waals surface area contributed by atoms with Crippen molar-refractivity contribution in [3.05, 3.63) is 35.4 Å². The summed E-state index contributed by atoms with van der Waals surface area (Å²) >= 11 is 0. The van der Waals surface area contributed by atoms with Crippen LogP contribution in [0.15, 0.2) is 29.3 Å². The maximum atomic E-state index is 4.38. The van der Waals surface area contributed by atoms with E-state index in [1.165, 1.54) is 50.0 Å². The number of halogens is 1. The van der Waals surface area contributed by atoms with Crippen LogP contribution < -0.4 is 10.6 Å². The highest BCUT2D eigenvalue weighted by Crippen LogP contribution is 2.13. The molecule has 1 atom stereocenters. The van der Waals surface area contributed by atoms with Gasteiger partial charge in [-0.25, -0.2) is 0 Å². The lowest BCUT2D eigenvalue weighted by Gasteiger charge is -2.21. The standard InChI is InChI=1S/C23H41N5.HI/c1-5-27(6-2)17-9-10-20(3)26-23(24-4)25-18-21-11-13-22(14-12-21)19-28-15-7-8-16-28;/h11-14,20H,5-10,15-19H2,1-4H3,(H2,24,25,26);1H. The lowest BCUT2D eigenvalue weighted by Crippen LogP contribution is -2.42. The van der Waals surface area contributed by atoms with Crippen molar-refractivity contribution in [3.63, 3.8) is 0 Å². The van der Waals surface area contributed by atoms with E-state index in [4.69, 9.17) is 0 Å². The van der Waals surface area contributed by atoms with Gasteiger partial charge in [0.2, 0.25) is 0 Å². The molecule has 6 heteroatoms. The van der Waals surface area contributed by atoms with Gasteiger partial charge in [-0.05, 0) is 76.5 Å². The number of benzene rings is 1. The topological polar surface area (TPSA) is 42.9 Å². The number of aliphatic imine (C=N–C) groups is 1. The lowest BCUT2D eigenvalue weighted by atomic mass is 10.1. The van der Waals surface area contributed by atoms with Crippen LogP contribution in [-0.2, 0) is 13.1 Å². The molecule has 1 aromatic carbocycles. The molecular weight excluding hydrogens is 473 g/mol. The average molecular weight is 516 g/mol. The Balaban J connectivity index is 0.00000420. The summed E-state index contributed by atoms with van der Waals surface area (Å²) < 4.78 is 0. The Morgan fingerprint density at radius 2 is 1.72 bits per heavy atom. The Morgan fingerprint density at radius 1 is 1.10 bits per heavy atom. The molecule has 0 amide bonds. The first kappa shape index (κ1) is 26.2. The second kappa shape index (κ2) is 15.0. The van der Waals surface area contributed by atoms with Gasteiger partial charge in [0, 0.05) is 26.2 Å². The van der Waals surface area contributed by atoms with Gasteiger partial charge in [-0.3, -0.25) is 9.89 Å². The number of likely N-dealkylation sites (tertiary alicyclic amines) is 1. The minimum absolute atomic E-state index is 0. The third-order valence-corrected chi connectivity index (χ3v) is 5.70. The van der Waals surface area contributed by atoms with Crippen LogP contribution >= 0.6 is 24.0 Å². The van der Waals surface area contributed by atoms with E-state index in [0.717, 1.165) is 38.6 Å². The van der Waals surface area contributed by atoms with Gasteiger partial charge in [-0.1, -0.05) is 38.1 Å². The molecule has 1 heterocycles. The van der Waals surface area contributed by atoms with E-state index in [0.29, 0.717) is 6.04 Å². The molecule has 0 aromatic heterocycles. The van der Waals surface area contributed by atoms with E-state index >= 15 is 0 Å². The summed E-state index contributed by atoms with van der Waals surface area (Å²) in [5.74, 6) is 0.886. The molecule has 0 aliphatic carbocycles. The third kappa shape index (κ3) is 10.1. The minimum atomic E-state index is 0. The van der Waals surface area contributed by atoms with Gasteiger partial charge in [-0.15, -0.1) is 24.0 Å². The highest BCUT2D eigenvalue weighted by molar-refractivity contribution is 14.0. The van der Waals surface area contributed by atoms with Gasteiger partial charge in [0.05, 0.1) is 0 Å². The molecule has 1 aromatic rings. The van der Waals surface area contributed by atoms with Gasteiger partial charge >= 0.3 is 0 Å². The van der Waals surface area contributed by atoms with Crippen molar-refractivity contribution >= 4 is 29.9 Å². The normalized spacial score (nSPS) is 16.0. The highest BCUT2D eigenvalue weighted by Gasteiger charge is 2.11. The fourth-order valence-corrected chi connectivity index (χ4v) is 3.81. The Hall–Kier alpha value is -0.860. The Labute approximate surface area is 195 Å². The lowest BCUT2D eigenvalue weighted by molar-refractivity contribution is 0.292. The molecule has 0 saturated carbocycles. The zero-order valence-corrected chi connectivity index (χ0v) is 21.2. The Kier molecular flexibility index (Phi) is 13.6. The van der Waals surface area contributed by atoms with Crippen LogP contribution in [0.2, 0.25) is 0 Å². The maximum absolute atomic E-state index is 4.38. The summed E-state index contributed by atoms with van der Waals surface area (Å²) in [6.07, 6.45) is 5.07. The summed E-state index contributed by atoms with van der Waals surface area (Å²) in [5.41, 5.74) is 2.71. The van der Waals surface area contributed by atoms with Crippen molar-refractivity contribution in [2.24, 2.45) is 4.99 Å². The molecule has 1 fully saturated rings. The molecule has 166 valence electrons. The zero-order chi connectivity index (χ0) is 20.2. The number of nitrogens with zero attached hydrogens (tertiary/aromatic N) is 3. The molecule has 2 rings (SSSR count). The first-order valence-electron chi connectivity index (χ1n) is 11.1. The van der Waals surface area contributed by atoms with Gasteiger partial charge in [0.15, 0.2) is 5.96 Å². The fourth-order valence-electron chi connectivity index (χ4n) is 3.81. The first-order chi connectivity index (χ1) is 13.6. The quantitative estimate of drug-likeness (QED) is 0.265. The number of nitrogens with one attached hydrogen (secondary N) is 2. The van der Waals surface area contributed by atoms with E-state index in [1.54, 1.807) is 0 Å². The molecule has 2 N–H and O–H groups in total. The predicted molar refractivity (Wildman–Crippen MR) is 136 cm³/mol. The average Bonchev–Trinajstić information content (AvgIpc) is 3.22. The van der Waals surface area contributed by atoms with Crippen molar-refractivity contribution in [1.82, 2.24) is 20.4 Å². The van der Waals surface area contributed by atoms with Crippen LogP contribution in [0.5, 0.6) is 0 Å². The number of hydrogen-bond acceptors (Lipinski definition) is 3. The van der Waals surface area contributed by atoms with Crippen molar-refractivity contribution in [2.45, 2.75) is 65.6 Å². The molecule has 0 bridgehead atoms. The molecule has 1 aliphatic rings. The molecule has 0 radical (unpaired) electrons. The molecule has 1 unspecified atom stereocenters. The van der Waals surface area contributed by atoms with Crippen LogP contribution in [0.25, 0.3) is 0 Å². The van der Waals surface area contributed by atoms with E-state index in [9.17, 15) is 0 Å². The van der Waals surface area contributed by atoms with E-state index < -0.39 is 0 Å². The van der Waals surface area contributed by atoms with Crippen LogP contribution in [0, 0.1) is 0 Å². The number of hydrogen-bond donors (Lipinski definition) is 2. The fraction of sp³-hybridized carbons (Fsp3) is 0.696. The molecule has 1 aliphatic heterocycles. The SMILES string of the molecule is CCN(CC)CCCC(C)NC(=NC)NCc1ccc(CN2CCCC2)cc1.I. The molecule has 1 saturated heterocycles. The summed E-state index contributed by atoms with van der Waals surface area (Å²) in [6.45, 7) is 14.5. The van der Waals surface area contributed by atoms with Gasteiger partial charge in [0.25, 0.3) is 0 Å². The van der Waals surface area contributed by atoms with Crippen molar-refractivity contribution in [3.8, 4) is 0 Å². The van der Waals surface area contributed by atoms with Crippen molar-refractivity contribution in [1.29, 1.82) is 0 Å². The Bertz CT molecular complexity index is 565. The monoisotopic (exact) mass is 515 g/mol. The number of guanidine groups is 1. The van der Waals surface area contributed by atoms with Gasteiger partial charge in [-0.2, -0.15) is 0 Å². The van der Waals surface area contributed by atoms with Gasteiger partial charge in [0.1, 0.15) is 0 Å². The van der Waals surface area contributed by atoms with E-state index in [2.05, 4.69) is 70.5 Å². The molecular formula is C23H42IN5. The minimum Gasteiger partial charge on any atom is -0.354 e. The van der Waals surface area contributed by atoms with Crippen molar-refractivity contribution in [2.75, 3.05) is 39.8 Å². The summed E-state index contributed by atoms with van der Waals surface area (Å²) in [5, 5.41) is 6.97. The third-order valence-electron chi connectivity index (χ3n) is 5.70. The summed E-state index contributed by atoms with van der Waals surface area (Å²) in [6, 6.07) is 9.42. The summed E-state index contributed by atoms with van der Waals surface area (Å²) in [7, 11) is 1.84. The van der Waals surface area contributed by atoms with Crippen LogP contribution in [0.4, 0.5) is 0 Å². The second-order valence-corrected chi connectivity index (χ2v) is 7.94. The summed E-state index contributed by atoms with van der Waals surface area (Å²) in [4.78, 5) is 9.40.